The van der Waals surface area contributed by atoms with Crippen molar-refractivity contribution in [3.8, 4) is 0 Å². The first-order chi connectivity index (χ1) is 9.15. The Balaban J connectivity index is 2.27. The Hall–Kier alpha value is -1.06. The van der Waals surface area contributed by atoms with Gasteiger partial charge in [0.25, 0.3) is 0 Å². The normalized spacial score (nSPS) is 10.5. The van der Waals surface area contributed by atoms with Crippen LogP contribution in [0.5, 0.6) is 0 Å². The lowest BCUT2D eigenvalue weighted by atomic mass is 10.1. The average Bonchev–Trinajstić information content (AvgIpc) is 2.42. The second-order valence-electron chi connectivity index (χ2n) is 4.76. The Kier molecular flexibility index (Phi) is 7.53. The van der Waals surface area contributed by atoms with Gasteiger partial charge in [0.05, 0.1) is 5.69 Å². The van der Waals surface area contributed by atoms with Crippen LogP contribution in [-0.4, -0.2) is 5.91 Å². The summed E-state index contributed by atoms with van der Waals surface area (Å²) in [7, 11) is 0. The van der Waals surface area contributed by atoms with E-state index < -0.39 is 0 Å². The van der Waals surface area contributed by atoms with Crippen LogP contribution in [0.25, 0.3) is 0 Å². The van der Waals surface area contributed by atoms with Crippen molar-refractivity contribution in [3.05, 3.63) is 29.3 Å². The van der Waals surface area contributed by atoms with Crippen LogP contribution < -0.4 is 10.9 Å². The first-order valence-corrected chi connectivity index (χ1v) is 7.36. The van der Waals surface area contributed by atoms with E-state index in [1.165, 1.54) is 30.7 Å². The van der Waals surface area contributed by atoms with Crippen molar-refractivity contribution in [2.24, 2.45) is 5.84 Å². The van der Waals surface area contributed by atoms with Crippen LogP contribution in [0.15, 0.2) is 24.3 Å². The van der Waals surface area contributed by atoms with Crippen molar-refractivity contribution in [2.45, 2.75) is 51.9 Å². The zero-order valence-corrected chi connectivity index (χ0v) is 12.3. The van der Waals surface area contributed by atoms with E-state index in [9.17, 15) is 4.79 Å². The number of anilines is 1. The molecule has 1 amide bonds. The highest BCUT2D eigenvalue weighted by Crippen LogP contribution is 2.17. The number of hydrogen-bond acceptors (Lipinski definition) is 2. The highest BCUT2D eigenvalue weighted by molar-refractivity contribution is 6.30. The Morgan fingerprint density at radius 1 is 1.11 bits per heavy atom. The third-order valence-electron chi connectivity index (χ3n) is 3.12. The molecule has 0 atom stereocenters. The van der Waals surface area contributed by atoms with Crippen LogP contribution in [0, 0.1) is 0 Å². The van der Waals surface area contributed by atoms with Gasteiger partial charge in [0, 0.05) is 11.4 Å². The summed E-state index contributed by atoms with van der Waals surface area (Å²) in [5.41, 5.74) is 0.681. The van der Waals surface area contributed by atoms with Gasteiger partial charge in [0.1, 0.15) is 0 Å². The van der Waals surface area contributed by atoms with Crippen molar-refractivity contribution in [2.75, 3.05) is 5.01 Å². The number of hydrogen-bond donors (Lipinski definition) is 1. The second kappa shape index (κ2) is 8.94. The lowest BCUT2D eigenvalue weighted by Gasteiger charge is -2.16. The Bertz CT molecular complexity index is 378. The third kappa shape index (κ3) is 6.08. The van der Waals surface area contributed by atoms with Gasteiger partial charge in [-0.15, -0.1) is 0 Å². The van der Waals surface area contributed by atoms with E-state index in [0.29, 0.717) is 17.1 Å². The molecular weight excluding hydrogens is 260 g/mol. The van der Waals surface area contributed by atoms with E-state index in [2.05, 4.69) is 6.92 Å². The zero-order chi connectivity index (χ0) is 14.1. The van der Waals surface area contributed by atoms with Gasteiger partial charge in [-0.3, -0.25) is 4.79 Å². The molecule has 1 rings (SSSR count). The molecule has 1 aromatic carbocycles. The molecular formula is C15H23ClN2O. The van der Waals surface area contributed by atoms with E-state index in [4.69, 9.17) is 17.4 Å². The summed E-state index contributed by atoms with van der Waals surface area (Å²) in [5, 5.41) is 1.85. The molecule has 106 valence electrons. The predicted octanol–water partition coefficient (Wildman–Crippen LogP) is 4.30. The number of amides is 1. The highest BCUT2D eigenvalue weighted by atomic mass is 35.5. The van der Waals surface area contributed by atoms with Gasteiger partial charge < -0.3 is 0 Å². The number of halogens is 1. The van der Waals surface area contributed by atoms with Crippen LogP contribution in [0.4, 0.5) is 5.69 Å². The van der Waals surface area contributed by atoms with Crippen LogP contribution >= 0.6 is 11.6 Å². The summed E-state index contributed by atoms with van der Waals surface area (Å²) in [6.07, 6.45) is 7.49. The number of hydrazine groups is 1. The molecule has 0 fully saturated rings. The van der Waals surface area contributed by atoms with Crippen LogP contribution in [0.1, 0.15) is 51.9 Å². The first kappa shape index (κ1) is 16.0. The minimum atomic E-state index is -0.0437. The summed E-state index contributed by atoms with van der Waals surface area (Å²) in [4.78, 5) is 11.9. The zero-order valence-electron chi connectivity index (χ0n) is 11.6. The minimum Gasteiger partial charge on any atom is -0.273 e. The van der Waals surface area contributed by atoms with Gasteiger partial charge in [-0.05, 0) is 30.7 Å². The molecule has 0 saturated carbocycles. The van der Waals surface area contributed by atoms with E-state index in [1.54, 1.807) is 24.3 Å². The Labute approximate surface area is 120 Å². The van der Waals surface area contributed by atoms with E-state index >= 15 is 0 Å². The van der Waals surface area contributed by atoms with Crippen LogP contribution in [0.2, 0.25) is 5.02 Å². The lowest BCUT2D eigenvalue weighted by molar-refractivity contribution is -0.118. The molecule has 0 spiro atoms. The van der Waals surface area contributed by atoms with Crippen LogP contribution in [0.3, 0.4) is 0 Å². The molecule has 0 radical (unpaired) electrons. The number of benzene rings is 1. The van der Waals surface area contributed by atoms with Gasteiger partial charge >= 0.3 is 0 Å². The largest absolute Gasteiger partial charge is 0.273 e. The highest BCUT2D eigenvalue weighted by Gasteiger charge is 2.10. The number of unbranched alkanes of at least 4 members (excludes halogenated alkanes) is 5. The Morgan fingerprint density at radius 3 is 2.32 bits per heavy atom. The summed E-state index contributed by atoms with van der Waals surface area (Å²) in [6.45, 7) is 2.20. The van der Waals surface area contributed by atoms with Gasteiger partial charge in [0.2, 0.25) is 5.91 Å². The van der Waals surface area contributed by atoms with Gasteiger partial charge in [-0.2, -0.15) is 0 Å². The predicted molar refractivity (Wildman–Crippen MR) is 81.1 cm³/mol. The van der Waals surface area contributed by atoms with Crippen LogP contribution in [-0.2, 0) is 4.79 Å². The molecule has 0 bridgehead atoms. The molecule has 1 aromatic rings. The van der Waals surface area contributed by atoms with E-state index in [-0.39, 0.29) is 5.91 Å². The molecule has 0 aromatic heterocycles. The smallest absolute Gasteiger partial charge is 0.241 e. The molecule has 0 aliphatic rings. The quantitative estimate of drug-likeness (QED) is 0.334. The molecule has 0 saturated heterocycles. The number of rotatable bonds is 8. The third-order valence-corrected chi connectivity index (χ3v) is 3.37. The van der Waals surface area contributed by atoms with E-state index in [0.717, 1.165) is 12.8 Å². The molecule has 0 heterocycles. The average molecular weight is 283 g/mol. The van der Waals surface area contributed by atoms with Crippen molar-refractivity contribution in [1.29, 1.82) is 0 Å². The maximum absolute atomic E-state index is 11.9. The summed E-state index contributed by atoms with van der Waals surface area (Å²) < 4.78 is 0. The Morgan fingerprint density at radius 2 is 1.68 bits per heavy atom. The number of carbonyl (C=O) groups is 1. The van der Waals surface area contributed by atoms with Gasteiger partial charge in [-0.25, -0.2) is 10.9 Å². The minimum absolute atomic E-state index is 0.0437. The van der Waals surface area contributed by atoms with Crippen molar-refractivity contribution < 1.29 is 4.79 Å². The standard InChI is InChI=1S/C15H23ClN2O/c1-2-3-4-5-6-7-8-15(19)18(17)14-11-9-13(16)10-12-14/h9-12H,2-8,17H2,1H3. The number of carbonyl (C=O) groups excluding carboxylic acids is 1. The number of nitrogens with zero attached hydrogens (tertiary/aromatic N) is 1. The summed E-state index contributed by atoms with van der Waals surface area (Å²) in [6, 6.07) is 6.96. The fourth-order valence-corrected chi connectivity index (χ4v) is 2.05. The lowest BCUT2D eigenvalue weighted by Crippen LogP contribution is -2.37. The fourth-order valence-electron chi connectivity index (χ4n) is 1.92. The van der Waals surface area contributed by atoms with Crippen molar-refractivity contribution in [3.63, 3.8) is 0 Å². The SMILES string of the molecule is CCCCCCCCC(=O)N(N)c1ccc(Cl)cc1. The fraction of sp³-hybridized carbons (Fsp3) is 0.533. The van der Waals surface area contributed by atoms with Gasteiger partial charge in [0.15, 0.2) is 0 Å². The van der Waals surface area contributed by atoms with E-state index in [1.807, 2.05) is 0 Å². The molecule has 2 N–H and O–H groups in total. The molecule has 3 nitrogen and oxygen atoms in total. The maximum Gasteiger partial charge on any atom is 0.241 e. The van der Waals surface area contributed by atoms with Crippen molar-refractivity contribution in [1.82, 2.24) is 0 Å². The monoisotopic (exact) mass is 282 g/mol. The van der Waals surface area contributed by atoms with Crippen molar-refractivity contribution >= 4 is 23.2 Å². The molecule has 0 aliphatic carbocycles. The first-order valence-electron chi connectivity index (χ1n) is 6.98. The molecule has 4 heteroatoms. The maximum atomic E-state index is 11.9. The topological polar surface area (TPSA) is 46.3 Å². The summed E-state index contributed by atoms with van der Waals surface area (Å²) in [5.74, 6) is 5.75. The molecule has 0 aliphatic heterocycles. The summed E-state index contributed by atoms with van der Waals surface area (Å²) >= 11 is 5.80. The second-order valence-corrected chi connectivity index (χ2v) is 5.19. The molecule has 19 heavy (non-hydrogen) atoms. The van der Waals surface area contributed by atoms with Gasteiger partial charge in [-0.1, -0.05) is 50.6 Å². The molecule has 0 unspecified atom stereocenters. The number of nitrogens with two attached hydrogens (primary N) is 1.